The number of hydrogen-bond acceptors (Lipinski definition) is 0. The van der Waals surface area contributed by atoms with Crippen LogP contribution < -0.4 is 0 Å². The van der Waals surface area contributed by atoms with Crippen LogP contribution in [0.2, 0.25) is 0 Å². The average Bonchev–Trinajstić information content (AvgIpc) is 2.68. The van der Waals surface area contributed by atoms with E-state index in [9.17, 15) is 4.39 Å². The molecule has 1 aliphatic rings. The molecule has 1 aliphatic carbocycles. The summed E-state index contributed by atoms with van der Waals surface area (Å²) in [6, 6.07) is 18.1. The van der Waals surface area contributed by atoms with Crippen molar-refractivity contribution in [2.45, 2.75) is 57.8 Å². The first-order chi connectivity index (χ1) is 12.3. The SMILES string of the molecule is CCCc1ccc(-c2ccc(C3CCC(C/C=C/F)CC3)cc2)cc1. The Morgan fingerprint density at radius 2 is 1.48 bits per heavy atom. The molecule has 25 heavy (non-hydrogen) atoms. The van der Waals surface area contributed by atoms with E-state index in [2.05, 4.69) is 55.5 Å². The van der Waals surface area contributed by atoms with Crippen molar-refractivity contribution in [3.05, 3.63) is 72.1 Å². The first-order valence-corrected chi connectivity index (χ1v) is 9.74. The van der Waals surface area contributed by atoms with Crippen molar-refractivity contribution in [3.8, 4) is 11.1 Å². The molecule has 3 rings (SSSR count). The van der Waals surface area contributed by atoms with Gasteiger partial charge in [0.25, 0.3) is 0 Å². The van der Waals surface area contributed by atoms with Crippen LogP contribution in [0.25, 0.3) is 11.1 Å². The minimum absolute atomic E-state index is 0.671. The highest BCUT2D eigenvalue weighted by Gasteiger charge is 2.21. The summed E-state index contributed by atoms with van der Waals surface area (Å²) >= 11 is 0. The minimum Gasteiger partial charge on any atom is -0.216 e. The van der Waals surface area contributed by atoms with Gasteiger partial charge in [-0.3, -0.25) is 0 Å². The average molecular weight is 336 g/mol. The highest BCUT2D eigenvalue weighted by Crippen LogP contribution is 2.37. The molecule has 0 aliphatic heterocycles. The van der Waals surface area contributed by atoms with E-state index in [1.165, 1.54) is 54.4 Å². The van der Waals surface area contributed by atoms with Crippen LogP contribution >= 0.6 is 0 Å². The lowest BCUT2D eigenvalue weighted by molar-refractivity contribution is 0.327. The third kappa shape index (κ3) is 4.81. The normalized spacial score (nSPS) is 20.9. The second-order valence-electron chi connectivity index (χ2n) is 7.38. The summed E-state index contributed by atoms with van der Waals surface area (Å²) in [7, 11) is 0. The summed E-state index contributed by atoms with van der Waals surface area (Å²) in [4.78, 5) is 0. The molecular weight excluding hydrogens is 307 g/mol. The van der Waals surface area contributed by atoms with E-state index in [1.807, 2.05) is 0 Å². The van der Waals surface area contributed by atoms with Gasteiger partial charge in [0.1, 0.15) is 0 Å². The van der Waals surface area contributed by atoms with Gasteiger partial charge in [0, 0.05) is 0 Å². The van der Waals surface area contributed by atoms with Gasteiger partial charge in [0.2, 0.25) is 0 Å². The molecule has 0 amide bonds. The summed E-state index contributed by atoms with van der Waals surface area (Å²) in [6.45, 7) is 2.22. The zero-order chi connectivity index (χ0) is 17.5. The number of rotatable bonds is 6. The lowest BCUT2D eigenvalue weighted by Gasteiger charge is -2.28. The molecule has 0 unspecified atom stereocenters. The molecule has 0 nitrogen and oxygen atoms in total. The monoisotopic (exact) mass is 336 g/mol. The predicted molar refractivity (Wildman–Crippen MR) is 105 cm³/mol. The van der Waals surface area contributed by atoms with Crippen LogP contribution in [0.4, 0.5) is 4.39 Å². The van der Waals surface area contributed by atoms with Gasteiger partial charge >= 0.3 is 0 Å². The molecule has 0 spiro atoms. The Kier molecular flexibility index (Phi) is 6.44. The van der Waals surface area contributed by atoms with Gasteiger partial charge in [-0.05, 0) is 72.6 Å². The van der Waals surface area contributed by atoms with Crippen LogP contribution in [0.15, 0.2) is 60.9 Å². The Hall–Kier alpha value is -1.89. The Labute approximate surface area is 151 Å². The van der Waals surface area contributed by atoms with Crippen molar-refractivity contribution in [2.24, 2.45) is 5.92 Å². The molecule has 0 aromatic heterocycles. The lowest BCUT2D eigenvalue weighted by atomic mass is 9.77. The molecule has 0 atom stereocenters. The van der Waals surface area contributed by atoms with Crippen LogP contribution in [0.3, 0.4) is 0 Å². The molecule has 1 heteroatoms. The molecule has 0 bridgehead atoms. The van der Waals surface area contributed by atoms with Crippen molar-refractivity contribution in [2.75, 3.05) is 0 Å². The quantitative estimate of drug-likeness (QED) is 0.514. The zero-order valence-electron chi connectivity index (χ0n) is 15.3. The van der Waals surface area contributed by atoms with Gasteiger partial charge in [-0.1, -0.05) is 68.0 Å². The van der Waals surface area contributed by atoms with Gasteiger partial charge < -0.3 is 0 Å². The summed E-state index contributed by atoms with van der Waals surface area (Å²) in [5.41, 5.74) is 5.48. The first-order valence-electron chi connectivity index (χ1n) is 9.74. The number of aryl methyl sites for hydroxylation is 1. The van der Waals surface area contributed by atoms with Crippen LogP contribution in [-0.2, 0) is 6.42 Å². The third-order valence-corrected chi connectivity index (χ3v) is 5.61. The fraction of sp³-hybridized carbons (Fsp3) is 0.417. The van der Waals surface area contributed by atoms with Gasteiger partial charge in [0.05, 0.1) is 6.33 Å². The van der Waals surface area contributed by atoms with E-state index in [-0.39, 0.29) is 0 Å². The van der Waals surface area contributed by atoms with Gasteiger partial charge in [-0.15, -0.1) is 0 Å². The number of allylic oxidation sites excluding steroid dienone is 1. The minimum atomic E-state index is 0.671. The van der Waals surface area contributed by atoms with Crippen molar-refractivity contribution < 1.29 is 4.39 Å². The van der Waals surface area contributed by atoms with Crippen LogP contribution in [0.1, 0.15) is 62.5 Å². The Bertz CT molecular complexity index is 658. The highest BCUT2D eigenvalue weighted by atomic mass is 19.1. The predicted octanol–water partition coefficient (Wildman–Crippen LogP) is 7.45. The second-order valence-corrected chi connectivity index (χ2v) is 7.38. The maximum absolute atomic E-state index is 12.1. The molecule has 132 valence electrons. The molecule has 2 aromatic rings. The number of benzene rings is 2. The van der Waals surface area contributed by atoms with Crippen molar-refractivity contribution in [1.82, 2.24) is 0 Å². The Morgan fingerprint density at radius 1 is 0.880 bits per heavy atom. The molecule has 1 fully saturated rings. The van der Waals surface area contributed by atoms with E-state index in [1.54, 1.807) is 6.08 Å². The van der Waals surface area contributed by atoms with E-state index in [0.717, 1.165) is 12.8 Å². The molecule has 0 N–H and O–H groups in total. The van der Waals surface area contributed by atoms with Gasteiger partial charge in [0.15, 0.2) is 0 Å². The van der Waals surface area contributed by atoms with Crippen molar-refractivity contribution in [3.63, 3.8) is 0 Å². The molecule has 2 aromatic carbocycles. The highest BCUT2D eigenvalue weighted by molar-refractivity contribution is 5.64. The molecule has 1 saturated carbocycles. The summed E-state index contributed by atoms with van der Waals surface area (Å²) in [5, 5.41) is 0. The Balaban J connectivity index is 1.61. The standard InChI is InChI=1S/C24H29F/c1-2-4-19-6-10-21(11-7-19)23-14-16-24(17-15-23)22-12-8-20(9-13-22)5-3-18-25/h3,6-7,10-11,14-18,20,22H,2,4-5,8-9,12-13H2,1H3/b18-3+. The van der Waals surface area contributed by atoms with E-state index in [0.29, 0.717) is 18.2 Å². The molecular formula is C24H29F. The van der Waals surface area contributed by atoms with Crippen molar-refractivity contribution in [1.29, 1.82) is 0 Å². The first kappa shape index (κ1) is 17.9. The molecule has 0 heterocycles. The summed E-state index contributed by atoms with van der Waals surface area (Å²) < 4.78 is 12.1. The van der Waals surface area contributed by atoms with Gasteiger partial charge in [-0.25, -0.2) is 4.39 Å². The smallest absolute Gasteiger partial charge is 0.0827 e. The zero-order valence-corrected chi connectivity index (χ0v) is 15.3. The Morgan fingerprint density at radius 3 is 2.04 bits per heavy atom. The van der Waals surface area contributed by atoms with Crippen LogP contribution in [-0.4, -0.2) is 0 Å². The lowest BCUT2D eigenvalue weighted by Crippen LogP contribution is -2.12. The number of hydrogen-bond donors (Lipinski definition) is 0. The molecule has 0 saturated heterocycles. The fourth-order valence-electron chi connectivity index (χ4n) is 4.08. The van der Waals surface area contributed by atoms with E-state index < -0.39 is 0 Å². The second kappa shape index (κ2) is 8.99. The van der Waals surface area contributed by atoms with E-state index >= 15 is 0 Å². The van der Waals surface area contributed by atoms with Gasteiger partial charge in [-0.2, -0.15) is 0 Å². The maximum atomic E-state index is 12.1. The van der Waals surface area contributed by atoms with E-state index in [4.69, 9.17) is 0 Å². The van der Waals surface area contributed by atoms with Crippen molar-refractivity contribution >= 4 is 0 Å². The fourth-order valence-corrected chi connectivity index (χ4v) is 4.08. The summed E-state index contributed by atoms with van der Waals surface area (Å²) in [6.07, 6.45) is 10.5. The third-order valence-electron chi connectivity index (χ3n) is 5.61. The van der Waals surface area contributed by atoms with Crippen LogP contribution in [0, 0.1) is 5.92 Å². The summed E-state index contributed by atoms with van der Waals surface area (Å²) in [5.74, 6) is 1.34. The number of halogens is 1. The largest absolute Gasteiger partial charge is 0.216 e. The van der Waals surface area contributed by atoms with Crippen LogP contribution in [0.5, 0.6) is 0 Å². The topological polar surface area (TPSA) is 0 Å². The maximum Gasteiger partial charge on any atom is 0.0827 e. The molecule has 0 radical (unpaired) electrons.